The van der Waals surface area contributed by atoms with Crippen molar-refractivity contribution in [2.24, 2.45) is 5.92 Å². The molecule has 3 heterocycles. The third-order valence-corrected chi connectivity index (χ3v) is 7.30. The lowest BCUT2D eigenvalue weighted by Gasteiger charge is -2.36. The summed E-state index contributed by atoms with van der Waals surface area (Å²) in [6.07, 6.45) is 1.51. The number of carbonyl (C=O) groups is 1. The summed E-state index contributed by atoms with van der Waals surface area (Å²) in [6.45, 7) is 12.0. The molecule has 0 bridgehead atoms. The van der Waals surface area contributed by atoms with Crippen molar-refractivity contribution in [2.75, 3.05) is 45.3 Å². The Labute approximate surface area is 211 Å². The second kappa shape index (κ2) is 11.3. The quantitative estimate of drug-likeness (QED) is 0.410. The van der Waals surface area contributed by atoms with Crippen LogP contribution in [0.2, 0.25) is 0 Å². The van der Waals surface area contributed by atoms with Gasteiger partial charge in [-0.15, -0.1) is 11.3 Å². The number of amides is 1. The summed E-state index contributed by atoms with van der Waals surface area (Å²) < 4.78 is 22.7. The van der Waals surface area contributed by atoms with Crippen LogP contribution in [0.25, 0.3) is 0 Å². The minimum atomic E-state index is -0.256. The number of hydrogen-bond acceptors (Lipinski definition) is 7. The number of furan rings is 1. The minimum Gasteiger partial charge on any atom is -0.493 e. The average Bonchev–Trinajstić information content (AvgIpc) is 3.49. The normalized spacial score (nSPS) is 15.3. The van der Waals surface area contributed by atoms with Gasteiger partial charge in [0.2, 0.25) is 0 Å². The minimum absolute atomic E-state index is 0.0798. The van der Waals surface area contributed by atoms with Gasteiger partial charge in [0.05, 0.1) is 39.2 Å². The van der Waals surface area contributed by atoms with E-state index in [0.29, 0.717) is 31.5 Å². The second-order valence-corrected chi connectivity index (χ2v) is 10.3. The molecule has 1 fully saturated rings. The highest BCUT2D eigenvalue weighted by molar-refractivity contribution is 7.16. The lowest BCUT2D eigenvalue weighted by atomic mass is 9.94. The standard InChI is InChI=1S/C27H34N2O5S/c1-17(2)16-34-21-9-8-20(15-23(21)31-5)25(29-10-13-32-14-11-29)24-18(3)19(4)35-27(24)28-26(30)22-7-6-12-33-22/h6-9,12,15,17,25H,10-11,13-14,16H2,1-5H3,(H,28,30)/t25-/m1/s1. The number of hydrogen-bond donors (Lipinski definition) is 1. The van der Waals surface area contributed by atoms with Crippen molar-refractivity contribution in [3.63, 3.8) is 0 Å². The lowest BCUT2D eigenvalue weighted by molar-refractivity contribution is 0.0240. The predicted molar refractivity (Wildman–Crippen MR) is 138 cm³/mol. The first-order valence-electron chi connectivity index (χ1n) is 12.0. The molecule has 2 aromatic heterocycles. The van der Waals surface area contributed by atoms with E-state index in [0.717, 1.165) is 39.8 Å². The van der Waals surface area contributed by atoms with Crippen molar-refractivity contribution in [3.05, 3.63) is 63.9 Å². The highest BCUT2D eigenvalue weighted by atomic mass is 32.1. The first-order valence-corrected chi connectivity index (χ1v) is 12.8. The van der Waals surface area contributed by atoms with Gasteiger partial charge in [-0.25, -0.2) is 0 Å². The second-order valence-electron chi connectivity index (χ2n) is 9.12. The molecule has 1 saturated heterocycles. The Balaban J connectivity index is 1.76. The number of benzene rings is 1. The van der Waals surface area contributed by atoms with Crippen LogP contribution in [0.3, 0.4) is 0 Å². The van der Waals surface area contributed by atoms with Crippen molar-refractivity contribution >= 4 is 22.2 Å². The molecule has 8 heteroatoms. The van der Waals surface area contributed by atoms with Crippen LogP contribution >= 0.6 is 11.3 Å². The van der Waals surface area contributed by atoms with E-state index in [2.05, 4.69) is 50.0 Å². The third-order valence-electron chi connectivity index (χ3n) is 6.16. The molecular formula is C27H34N2O5S. The summed E-state index contributed by atoms with van der Waals surface area (Å²) in [7, 11) is 1.67. The zero-order valence-electron chi connectivity index (χ0n) is 21.1. The largest absolute Gasteiger partial charge is 0.493 e. The molecule has 188 valence electrons. The van der Waals surface area contributed by atoms with Crippen molar-refractivity contribution in [1.82, 2.24) is 4.90 Å². The summed E-state index contributed by atoms with van der Waals surface area (Å²) in [5.41, 5.74) is 3.34. The lowest BCUT2D eigenvalue weighted by Crippen LogP contribution is -2.40. The van der Waals surface area contributed by atoms with Crippen LogP contribution in [0.1, 0.15) is 52.0 Å². The Bertz CT molecular complexity index is 1130. The van der Waals surface area contributed by atoms with Gasteiger partial charge >= 0.3 is 0 Å². The van der Waals surface area contributed by atoms with E-state index in [4.69, 9.17) is 18.6 Å². The zero-order chi connectivity index (χ0) is 24.9. The number of aryl methyl sites for hydroxylation is 1. The molecule has 0 unspecified atom stereocenters. The Kier molecular flexibility index (Phi) is 8.15. The molecule has 0 spiro atoms. The Morgan fingerprint density at radius 3 is 2.60 bits per heavy atom. The molecule has 4 rings (SSSR count). The van der Waals surface area contributed by atoms with Gasteiger partial charge in [-0.3, -0.25) is 9.69 Å². The fourth-order valence-corrected chi connectivity index (χ4v) is 5.35. The first kappa shape index (κ1) is 25.3. The smallest absolute Gasteiger partial charge is 0.291 e. The van der Waals surface area contributed by atoms with Gasteiger partial charge < -0.3 is 23.9 Å². The maximum atomic E-state index is 12.9. The van der Waals surface area contributed by atoms with Gasteiger partial charge in [0, 0.05) is 23.5 Å². The van der Waals surface area contributed by atoms with E-state index in [1.165, 1.54) is 11.8 Å². The van der Waals surface area contributed by atoms with Gasteiger partial charge in [-0.2, -0.15) is 0 Å². The summed E-state index contributed by atoms with van der Waals surface area (Å²) in [6, 6.07) is 9.45. The van der Waals surface area contributed by atoms with Gasteiger partial charge in [-0.1, -0.05) is 19.9 Å². The zero-order valence-corrected chi connectivity index (χ0v) is 21.9. The molecule has 1 N–H and O–H groups in total. The summed E-state index contributed by atoms with van der Waals surface area (Å²) in [4.78, 5) is 16.5. The number of carbonyl (C=O) groups excluding carboxylic acids is 1. The van der Waals surface area contributed by atoms with Gasteiger partial charge in [-0.05, 0) is 55.2 Å². The Morgan fingerprint density at radius 2 is 1.94 bits per heavy atom. The number of nitrogens with zero attached hydrogens (tertiary/aromatic N) is 1. The van der Waals surface area contributed by atoms with E-state index in [9.17, 15) is 4.79 Å². The van der Waals surface area contributed by atoms with Crippen LogP contribution in [0.5, 0.6) is 11.5 Å². The number of rotatable bonds is 9. The number of morpholine rings is 1. The molecule has 0 radical (unpaired) electrons. The number of nitrogens with one attached hydrogen (secondary N) is 1. The maximum absolute atomic E-state index is 12.9. The predicted octanol–water partition coefficient (Wildman–Crippen LogP) is 5.68. The van der Waals surface area contributed by atoms with Crippen molar-refractivity contribution < 1.29 is 23.4 Å². The van der Waals surface area contributed by atoms with Gasteiger partial charge in [0.15, 0.2) is 17.3 Å². The van der Waals surface area contributed by atoms with Crippen molar-refractivity contribution in [3.8, 4) is 11.5 Å². The molecule has 1 aliphatic rings. The molecule has 1 atom stereocenters. The van der Waals surface area contributed by atoms with Gasteiger partial charge in [0.25, 0.3) is 5.91 Å². The van der Waals surface area contributed by atoms with Crippen molar-refractivity contribution in [1.29, 1.82) is 0 Å². The third kappa shape index (κ3) is 5.72. The van der Waals surface area contributed by atoms with Gasteiger partial charge in [0.1, 0.15) is 5.00 Å². The first-order chi connectivity index (χ1) is 16.9. The van der Waals surface area contributed by atoms with E-state index in [1.807, 2.05) is 6.07 Å². The summed E-state index contributed by atoms with van der Waals surface area (Å²) in [5, 5.41) is 3.94. The van der Waals surface area contributed by atoms with Crippen LogP contribution < -0.4 is 14.8 Å². The Morgan fingerprint density at radius 1 is 1.17 bits per heavy atom. The summed E-state index contributed by atoms with van der Waals surface area (Å²) in [5.74, 6) is 1.88. The molecule has 0 aliphatic carbocycles. The molecule has 1 amide bonds. The molecule has 1 aromatic carbocycles. The molecular weight excluding hydrogens is 464 g/mol. The SMILES string of the molecule is COc1cc([C@H](c2c(NC(=O)c3ccco3)sc(C)c2C)N2CCOCC2)ccc1OCC(C)C. The summed E-state index contributed by atoms with van der Waals surface area (Å²) >= 11 is 1.59. The van der Waals surface area contributed by atoms with E-state index in [1.54, 1.807) is 30.6 Å². The van der Waals surface area contributed by atoms with E-state index >= 15 is 0 Å². The monoisotopic (exact) mass is 498 g/mol. The highest BCUT2D eigenvalue weighted by Crippen LogP contribution is 2.44. The van der Waals surface area contributed by atoms with Crippen LogP contribution in [0, 0.1) is 19.8 Å². The molecule has 35 heavy (non-hydrogen) atoms. The molecule has 0 saturated carbocycles. The number of anilines is 1. The fourth-order valence-electron chi connectivity index (χ4n) is 4.26. The van der Waals surface area contributed by atoms with E-state index < -0.39 is 0 Å². The number of thiophene rings is 1. The van der Waals surface area contributed by atoms with Crippen LogP contribution in [0.4, 0.5) is 5.00 Å². The topological polar surface area (TPSA) is 73.2 Å². The maximum Gasteiger partial charge on any atom is 0.291 e. The van der Waals surface area contributed by atoms with E-state index in [-0.39, 0.29) is 17.7 Å². The van der Waals surface area contributed by atoms with Crippen molar-refractivity contribution in [2.45, 2.75) is 33.7 Å². The van der Waals surface area contributed by atoms with Crippen LogP contribution in [-0.2, 0) is 4.74 Å². The Hall–Kier alpha value is -2.81. The van der Waals surface area contributed by atoms with Crippen LogP contribution in [-0.4, -0.2) is 50.8 Å². The molecule has 1 aliphatic heterocycles. The molecule has 3 aromatic rings. The average molecular weight is 499 g/mol. The fraction of sp³-hybridized carbons (Fsp3) is 0.444. The van der Waals surface area contributed by atoms with Crippen LogP contribution in [0.15, 0.2) is 41.0 Å². The number of ether oxygens (including phenoxy) is 3. The highest BCUT2D eigenvalue weighted by Gasteiger charge is 2.31. The molecule has 7 nitrogen and oxygen atoms in total. The number of methoxy groups -OCH3 is 1.